The van der Waals surface area contributed by atoms with Gasteiger partial charge in [0.25, 0.3) is 0 Å². The van der Waals surface area contributed by atoms with Crippen LogP contribution in [0.5, 0.6) is 0 Å². The van der Waals surface area contributed by atoms with E-state index in [1.807, 2.05) is 6.92 Å². The molecule has 10 heavy (non-hydrogen) atoms. The van der Waals surface area contributed by atoms with Crippen molar-refractivity contribution in [2.75, 3.05) is 13.6 Å². The third-order valence-electron chi connectivity index (χ3n) is 1.71. The van der Waals surface area contributed by atoms with E-state index >= 15 is 0 Å². The predicted octanol–water partition coefficient (Wildman–Crippen LogP) is 1.06. The molecule has 0 bridgehead atoms. The van der Waals surface area contributed by atoms with Gasteiger partial charge in [-0.3, -0.25) is 4.90 Å². The van der Waals surface area contributed by atoms with Gasteiger partial charge in [0.2, 0.25) is 0 Å². The van der Waals surface area contributed by atoms with Crippen LogP contribution < -0.4 is 5.73 Å². The second kappa shape index (κ2) is 3.35. The molecule has 0 aromatic carbocycles. The summed E-state index contributed by atoms with van der Waals surface area (Å²) in [6.45, 7) is 9.56. The van der Waals surface area contributed by atoms with Gasteiger partial charge in [-0.2, -0.15) is 0 Å². The quantitative estimate of drug-likeness (QED) is 0.628. The molecule has 0 fully saturated rings. The van der Waals surface area contributed by atoms with Crippen LogP contribution in [0.25, 0.3) is 0 Å². The zero-order valence-corrected chi connectivity index (χ0v) is 7.81. The normalized spacial score (nSPS) is 15.9. The second-order valence-electron chi connectivity index (χ2n) is 4.03. The second-order valence-corrected chi connectivity index (χ2v) is 4.03. The zero-order valence-electron chi connectivity index (χ0n) is 7.81. The monoisotopic (exact) mass is 144 g/mol. The smallest absolute Gasteiger partial charge is 0.0139 e. The maximum Gasteiger partial charge on any atom is 0.0139 e. The molecule has 0 aliphatic rings. The first-order chi connectivity index (χ1) is 4.34. The molecule has 0 unspecified atom stereocenters. The van der Waals surface area contributed by atoms with Gasteiger partial charge in [0.15, 0.2) is 0 Å². The first kappa shape index (κ1) is 9.92. The minimum Gasteiger partial charge on any atom is -0.327 e. The van der Waals surface area contributed by atoms with E-state index in [0.29, 0.717) is 0 Å². The topological polar surface area (TPSA) is 29.3 Å². The van der Waals surface area contributed by atoms with Crippen LogP contribution in [0.15, 0.2) is 0 Å². The van der Waals surface area contributed by atoms with Crippen molar-refractivity contribution in [1.82, 2.24) is 4.90 Å². The fourth-order valence-electron chi connectivity index (χ4n) is 0.706. The van der Waals surface area contributed by atoms with Crippen LogP contribution in [0.3, 0.4) is 0 Å². The molecule has 0 saturated heterocycles. The molecule has 0 amide bonds. The van der Waals surface area contributed by atoms with Crippen LogP contribution in [0.4, 0.5) is 0 Å². The summed E-state index contributed by atoms with van der Waals surface area (Å²) in [6, 6.07) is 0.268. The Morgan fingerprint density at radius 3 is 1.90 bits per heavy atom. The van der Waals surface area contributed by atoms with E-state index in [-0.39, 0.29) is 11.6 Å². The molecule has 0 aliphatic carbocycles. The fraction of sp³-hybridized carbons (Fsp3) is 1.00. The highest BCUT2D eigenvalue weighted by atomic mass is 15.2. The van der Waals surface area contributed by atoms with Crippen molar-refractivity contribution >= 4 is 0 Å². The molecule has 0 rings (SSSR count). The van der Waals surface area contributed by atoms with E-state index in [0.717, 1.165) is 6.54 Å². The predicted molar refractivity (Wildman–Crippen MR) is 46.0 cm³/mol. The van der Waals surface area contributed by atoms with Crippen LogP contribution >= 0.6 is 0 Å². The largest absolute Gasteiger partial charge is 0.327 e. The van der Waals surface area contributed by atoms with Crippen LogP contribution in [0, 0.1) is 0 Å². The molecule has 2 nitrogen and oxygen atoms in total. The lowest BCUT2D eigenvalue weighted by Gasteiger charge is -2.32. The van der Waals surface area contributed by atoms with Gasteiger partial charge >= 0.3 is 0 Å². The molecular weight excluding hydrogens is 124 g/mol. The van der Waals surface area contributed by atoms with Gasteiger partial charge in [-0.25, -0.2) is 0 Å². The lowest BCUT2D eigenvalue weighted by molar-refractivity contribution is 0.168. The molecule has 0 saturated carbocycles. The van der Waals surface area contributed by atoms with E-state index in [1.54, 1.807) is 0 Å². The lowest BCUT2D eigenvalue weighted by atomic mass is 10.1. The van der Waals surface area contributed by atoms with Crippen molar-refractivity contribution in [2.45, 2.75) is 39.3 Å². The van der Waals surface area contributed by atoms with Gasteiger partial charge in [-0.1, -0.05) is 0 Å². The highest BCUT2D eigenvalue weighted by molar-refractivity contribution is 4.74. The van der Waals surface area contributed by atoms with Crippen molar-refractivity contribution in [3.63, 3.8) is 0 Å². The number of nitrogens with zero attached hydrogens (tertiary/aromatic N) is 1. The van der Waals surface area contributed by atoms with Crippen LogP contribution in [0.2, 0.25) is 0 Å². The summed E-state index contributed by atoms with van der Waals surface area (Å²) in [6.07, 6.45) is 0. The summed E-state index contributed by atoms with van der Waals surface area (Å²) >= 11 is 0. The van der Waals surface area contributed by atoms with Crippen LogP contribution in [0.1, 0.15) is 27.7 Å². The molecule has 1 atom stereocenters. The molecule has 0 aromatic heterocycles. The Hall–Kier alpha value is -0.0800. The molecule has 2 heteroatoms. The number of likely N-dealkylation sites (N-methyl/N-ethyl adjacent to an activating group) is 1. The highest BCUT2D eigenvalue weighted by Crippen LogP contribution is 2.09. The number of hydrogen-bond donors (Lipinski definition) is 1. The number of nitrogens with two attached hydrogens (primary N) is 1. The van der Waals surface area contributed by atoms with Gasteiger partial charge < -0.3 is 5.73 Å². The van der Waals surface area contributed by atoms with E-state index in [9.17, 15) is 0 Å². The van der Waals surface area contributed by atoms with Crippen molar-refractivity contribution in [3.8, 4) is 0 Å². The zero-order chi connectivity index (χ0) is 8.36. The molecule has 2 N–H and O–H groups in total. The van der Waals surface area contributed by atoms with E-state index in [1.165, 1.54) is 0 Å². The molecule has 0 spiro atoms. The highest BCUT2D eigenvalue weighted by Gasteiger charge is 2.16. The number of rotatable bonds is 2. The maximum absolute atomic E-state index is 5.65. The molecule has 0 aliphatic heterocycles. The first-order valence-corrected chi connectivity index (χ1v) is 3.81. The Balaban J connectivity index is 3.73. The van der Waals surface area contributed by atoms with Crippen LogP contribution in [-0.4, -0.2) is 30.1 Å². The van der Waals surface area contributed by atoms with Gasteiger partial charge in [0.05, 0.1) is 0 Å². The lowest BCUT2D eigenvalue weighted by Crippen LogP contribution is -2.44. The summed E-state index contributed by atoms with van der Waals surface area (Å²) < 4.78 is 0. The third kappa shape index (κ3) is 3.85. The van der Waals surface area contributed by atoms with Gasteiger partial charge in [0.1, 0.15) is 0 Å². The Bertz CT molecular complexity index is 91.9. The van der Waals surface area contributed by atoms with Crippen molar-refractivity contribution in [1.29, 1.82) is 0 Å². The van der Waals surface area contributed by atoms with E-state index in [2.05, 4.69) is 32.7 Å². The van der Waals surface area contributed by atoms with Gasteiger partial charge in [0, 0.05) is 18.1 Å². The number of hydrogen-bond acceptors (Lipinski definition) is 2. The van der Waals surface area contributed by atoms with Gasteiger partial charge in [-0.15, -0.1) is 0 Å². The molecule has 0 heterocycles. The Morgan fingerprint density at radius 2 is 1.80 bits per heavy atom. The third-order valence-corrected chi connectivity index (χ3v) is 1.71. The summed E-state index contributed by atoms with van der Waals surface area (Å²) in [5, 5.41) is 0. The van der Waals surface area contributed by atoms with Gasteiger partial charge in [-0.05, 0) is 34.7 Å². The van der Waals surface area contributed by atoms with Crippen molar-refractivity contribution in [3.05, 3.63) is 0 Å². The maximum atomic E-state index is 5.65. The van der Waals surface area contributed by atoms with Crippen molar-refractivity contribution in [2.24, 2.45) is 5.73 Å². The Kier molecular flexibility index (Phi) is 3.33. The van der Waals surface area contributed by atoms with E-state index in [4.69, 9.17) is 5.73 Å². The minimum atomic E-state index is 0.244. The molecular formula is C8H20N2. The average molecular weight is 144 g/mol. The van der Waals surface area contributed by atoms with Crippen molar-refractivity contribution < 1.29 is 0 Å². The summed E-state index contributed by atoms with van der Waals surface area (Å²) in [5.74, 6) is 0. The molecule has 62 valence electrons. The van der Waals surface area contributed by atoms with E-state index < -0.39 is 0 Å². The summed E-state index contributed by atoms with van der Waals surface area (Å²) in [7, 11) is 2.10. The summed E-state index contributed by atoms with van der Waals surface area (Å²) in [5.41, 5.74) is 5.89. The summed E-state index contributed by atoms with van der Waals surface area (Å²) in [4.78, 5) is 2.26. The minimum absolute atomic E-state index is 0.244. The average Bonchev–Trinajstić information content (AvgIpc) is 1.60. The standard InChI is InChI=1S/C8H20N2/c1-7(9)6-10(5)8(2,3)4/h7H,6,9H2,1-5H3/t7-/m0/s1. The molecule has 0 radical (unpaired) electrons. The molecule has 0 aromatic rings. The Morgan fingerprint density at radius 1 is 1.40 bits per heavy atom. The first-order valence-electron chi connectivity index (χ1n) is 3.81. The van der Waals surface area contributed by atoms with Crippen LogP contribution in [-0.2, 0) is 0 Å². The SMILES string of the molecule is C[C@H](N)CN(C)C(C)(C)C. The fourth-order valence-corrected chi connectivity index (χ4v) is 0.706. The Labute approximate surface area is 64.4 Å².